The van der Waals surface area contributed by atoms with Crippen molar-refractivity contribution in [3.8, 4) is 0 Å². The third kappa shape index (κ3) is 2.92. The smallest absolute Gasteiger partial charge is 0.0579 e. The minimum absolute atomic E-state index is 0.372. The fraction of sp³-hybridized carbons (Fsp3) is 0.643. The van der Waals surface area contributed by atoms with Crippen LogP contribution in [0.3, 0.4) is 0 Å². The number of hydrogen-bond donors (Lipinski definition) is 1. The first kappa shape index (κ1) is 14.0. The molecule has 18 heavy (non-hydrogen) atoms. The second kappa shape index (κ2) is 6.13. The van der Waals surface area contributed by atoms with E-state index in [2.05, 4.69) is 51.8 Å². The average molecular weight is 312 g/mol. The van der Waals surface area contributed by atoms with E-state index < -0.39 is 0 Å². The van der Waals surface area contributed by atoms with Crippen molar-refractivity contribution in [2.24, 2.45) is 11.7 Å². The average Bonchev–Trinajstić information content (AvgIpc) is 2.38. The predicted molar refractivity (Wildman–Crippen MR) is 78.3 cm³/mol. The first-order valence-corrected chi connectivity index (χ1v) is 7.50. The fourth-order valence-electron chi connectivity index (χ4n) is 2.90. The van der Waals surface area contributed by atoms with Crippen LogP contribution in [0.5, 0.6) is 0 Å². The normalized spacial score (nSPS) is 25.6. The van der Waals surface area contributed by atoms with Crippen molar-refractivity contribution in [2.75, 3.05) is 13.1 Å². The molecule has 1 saturated heterocycles. The monoisotopic (exact) mass is 311 g/mol. The summed E-state index contributed by atoms with van der Waals surface area (Å²) in [5.41, 5.74) is 7.11. The summed E-state index contributed by atoms with van der Waals surface area (Å²) in [4.78, 5) is 7.13. The number of nitrogens with zero attached hydrogens (tertiary/aromatic N) is 2. The first-order valence-electron chi connectivity index (χ1n) is 6.70. The van der Waals surface area contributed by atoms with Gasteiger partial charge >= 0.3 is 0 Å². The maximum atomic E-state index is 5.96. The highest BCUT2D eigenvalue weighted by molar-refractivity contribution is 9.10. The molecule has 2 unspecified atom stereocenters. The number of hydrogen-bond acceptors (Lipinski definition) is 3. The highest BCUT2D eigenvalue weighted by Gasteiger charge is 2.33. The lowest BCUT2D eigenvalue weighted by Crippen LogP contribution is -2.45. The topological polar surface area (TPSA) is 42.1 Å². The Morgan fingerprint density at radius 2 is 2.28 bits per heavy atom. The van der Waals surface area contributed by atoms with Crippen LogP contribution in [-0.2, 0) is 0 Å². The molecular weight excluding hydrogens is 290 g/mol. The van der Waals surface area contributed by atoms with E-state index in [4.69, 9.17) is 5.73 Å². The third-order valence-corrected chi connectivity index (χ3v) is 4.28. The van der Waals surface area contributed by atoms with Gasteiger partial charge in [0.1, 0.15) is 0 Å². The lowest BCUT2D eigenvalue weighted by Gasteiger charge is -2.43. The van der Waals surface area contributed by atoms with Gasteiger partial charge in [0.05, 0.1) is 11.7 Å². The number of halogens is 1. The fourth-order valence-corrected chi connectivity index (χ4v) is 3.14. The molecule has 0 aliphatic carbocycles. The molecule has 0 spiro atoms. The van der Waals surface area contributed by atoms with Gasteiger partial charge in [-0.2, -0.15) is 0 Å². The van der Waals surface area contributed by atoms with Crippen LogP contribution in [0.1, 0.15) is 38.4 Å². The van der Waals surface area contributed by atoms with Crippen molar-refractivity contribution < 1.29 is 0 Å². The summed E-state index contributed by atoms with van der Waals surface area (Å²) in [6.07, 6.45) is 4.34. The Balaban J connectivity index is 2.30. The third-order valence-electron chi connectivity index (χ3n) is 3.81. The predicted octanol–water partition coefficient (Wildman–Crippen LogP) is 2.96. The van der Waals surface area contributed by atoms with Gasteiger partial charge in [-0.3, -0.25) is 9.88 Å². The molecule has 1 fully saturated rings. The number of nitrogens with two attached hydrogens (primary N) is 1. The second-order valence-electron chi connectivity index (χ2n) is 5.32. The molecular formula is C14H22BrN3. The Morgan fingerprint density at radius 3 is 2.83 bits per heavy atom. The van der Waals surface area contributed by atoms with Gasteiger partial charge in [0.15, 0.2) is 0 Å². The molecule has 3 nitrogen and oxygen atoms in total. The van der Waals surface area contributed by atoms with E-state index in [0.717, 1.165) is 23.3 Å². The van der Waals surface area contributed by atoms with Gasteiger partial charge in [-0.05, 0) is 73.8 Å². The van der Waals surface area contributed by atoms with Crippen LogP contribution in [-0.4, -0.2) is 29.0 Å². The summed E-state index contributed by atoms with van der Waals surface area (Å²) < 4.78 is 1.03. The molecule has 100 valence electrons. The SMILES string of the molecule is CC(C)N1CCCC(CN)C1c1ccc(Br)cn1. The van der Waals surface area contributed by atoms with E-state index in [1.807, 2.05) is 6.20 Å². The van der Waals surface area contributed by atoms with Crippen molar-refractivity contribution >= 4 is 15.9 Å². The highest BCUT2D eigenvalue weighted by atomic mass is 79.9. The van der Waals surface area contributed by atoms with Crippen LogP contribution in [0, 0.1) is 5.92 Å². The molecule has 1 aromatic heterocycles. The van der Waals surface area contributed by atoms with Crippen molar-refractivity contribution in [3.63, 3.8) is 0 Å². The molecule has 2 rings (SSSR count). The van der Waals surface area contributed by atoms with E-state index in [0.29, 0.717) is 18.0 Å². The number of piperidine rings is 1. The molecule has 1 aliphatic rings. The van der Waals surface area contributed by atoms with Crippen LogP contribution >= 0.6 is 15.9 Å². The maximum absolute atomic E-state index is 5.96. The Kier molecular flexibility index (Phi) is 4.76. The summed E-state index contributed by atoms with van der Waals surface area (Å²) in [5, 5.41) is 0. The van der Waals surface area contributed by atoms with Gasteiger partial charge in [0.2, 0.25) is 0 Å². The summed E-state index contributed by atoms with van der Waals surface area (Å²) in [6.45, 7) is 6.40. The van der Waals surface area contributed by atoms with E-state index in [1.54, 1.807) is 0 Å². The van der Waals surface area contributed by atoms with E-state index in [9.17, 15) is 0 Å². The standard InChI is InChI=1S/C14H22BrN3/c1-10(2)18-7-3-4-11(8-16)14(18)13-6-5-12(15)9-17-13/h5-6,9-11,14H,3-4,7-8,16H2,1-2H3. The molecule has 4 heteroatoms. The molecule has 0 saturated carbocycles. The van der Waals surface area contributed by atoms with Crippen LogP contribution in [0.4, 0.5) is 0 Å². The molecule has 0 amide bonds. The second-order valence-corrected chi connectivity index (χ2v) is 6.23. The first-order chi connectivity index (χ1) is 8.63. The van der Waals surface area contributed by atoms with Gasteiger partial charge in [-0.1, -0.05) is 0 Å². The van der Waals surface area contributed by atoms with Gasteiger partial charge in [-0.15, -0.1) is 0 Å². The number of likely N-dealkylation sites (tertiary alicyclic amines) is 1. The van der Waals surface area contributed by atoms with Gasteiger partial charge in [0.25, 0.3) is 0 Å². The lowest BCUT2D eigenvalue weighted by atomic mass is 9.86. The molecule has 2 atom stereocenters. The van der Waals surface area contributed by atoms with E-state index >= 15 is 0 Å². The molecule has 0 bridgehead atoms. The lowest BCUT2D eigenvalue weighted by molar-refractivity contribution is 0.0638. The Morgan fingerprint density at radius 1 is 1.50 bits per heavy atom. The van der Waals surface area contributed by atoms with E-state index in [-0.39, 0.29) is 0 Å². The van der Waals surface area contributed by atoms with Crippen molar-refractivity contribution in [3.05, 3.63) is 28.5 Å². The Hall–Kier alpha value is -0.450. The molecule has 0 aromatic carbocycles. The molecule has 1 aromatic rings. The van der Waals surface area contributed by atoms with Crippen LogP contribution in [0.15, 0.2) is 22.8 Å². The van der Waals surface area contributed by atoms with Crippen LogP contribution in [0.2, 0.25) is 0 Å². The summed E-state index contributed by atoms with van der Waals surface area (Å²) in [5.74, 6) is 0.523. The van der Waals surface area contributed by atoms with Crippen LogP contribution in [0.25, 0.3) is 0 Å². The Labute approximate surface area is 118 Å². The van der Waals surface area contributed by atoms with E-state index in [1.165, 1.54) is 12.8 Å². The zero-order chi connectivity index (χ0) is 13.1. The van der Waals surface area contributed by atoms with Crippen molar-refractivity contribution in [1.29, 1.82) is 0 Å². The zero-order valence-corrected chi connectivity index (χ0v) is 12.7. The number of pyridine rings is 1. The summed E-state index contributed by atoms with van der Waals surface area (Å²) >= 11 is 3.44. The van der Waals surface area contributed by atoms with Crippen molar-refractivity contribution in [1.82, 2.24) is 9.88 Å². The largest absolute Gasteiger partial charge is 0.330 e. The number of aromatic nitrogens is 1. The summed E-state index contributed by atoms with van der Waals surface area (Å²) in [6, 6.07) is 5.10. The molecule has 1 aliphatic heterocycles. The minimum atomic E-state index is 0.372. The zero-order valence-electron chi connectivity index (χ0n) is 11.1. The van der Waals surface area contributed by atoms with Gasteiger partial charge in [-0.25, -0.2) is 0 Å². The summed E-state index contributed by atoms with van der Waals surface area (Å²) in [7, 11) is 0. The maximum Gasteiger partial charge on any atom is 0.0579 e. The van der Waals surface area contributed by atoms with Crippen LogP contribution < -0.4 is 5.73 Å². The van der Waals surface area contributed by atoms with Gasteiger partial charge in [0, 0.05) is 16.7 Å². The van der Waals surface area contributed by atoms with Crippen molar-refractivity contribution in [2.45, 2.75) is 38.8 Å². The Bertz CT molecular complexity index is 377. The molecule has 2 heterocycles. The van der Waals surface area contributed by atoms with Gasteiger partial charge < -0.3 is 5.73 Å². The molecule has 0 radical (unpaired) electrons. The number of rotatable bonds is 3. The minimum Gasteiger partial charge on any atom is -0.330 e. The highest BCUT2D eigenvalue weighted by Crippen LogP contribution is 2.36. The quantitative estimate of drug-likeness (QED) is 0.933. The molecule has 2 N–H and O–H groups in total.